The highest BCUT2D eigenvalue weighted by atomic mass is 127. The van der Waals surface area contributed by atoms with Crippen LogP contribution in [0.4, 0.5) is 65.5 Å². The predicted octanol–water partition coefficient (Wildman–Crippen LogP) is 13.5. The second kappa shape index (κ2) is 39.3. The molecule has 0 saturated heterocycles. The molecule has 3 aromatic carbocycles. The van der Waals surface area contributed by atoms with Gasteiger partial charge in [-0.25, -0.2) is 29.1 Å². The number of hydrogen-bond acceptors (Lipinski definition) is 21. The van der Waals surface area contributed by atoms with E-state index in [1.54, 1.807) is 32.2 Å². The van der Waals surface area contributed by atoms with Crippen LogP contribution in [0.2, 0.25) is 0 Å². The number of nitrogens with one attached hydrogen (secondary N) is 8. The number of carboxylic acid groups (broad SMARTS) is 1. The van der Waals surface area contributed by atoms with Crippen molar-refractivity contribution in [2.24, 2.45) is 11.7 Å². The van der Waals surface area contributed by atoms with Crippen molar-refractivity contribution in [3.8, 4) is 28.6 Å². The Hall–Kier alpha value is -9.16. The molecule has 2 atom stereocenters. The molecule has 11 N–H and O–H groups in total. The van der Waals surface area contributed by atoms with E-state index in [0.717, 1.165) is 114 Å². The third kappa shape index (κ3) is 25.1. The summed E-state index contributed by atoms with van der Waals surface area (Å²) in [4.78, 5) is 35.3. The van der Waals surface area contributed by atoms with Crippen molar-refractivity contribution in [3.05, 3.63) is 141 Å². The largest absolute Gasteiger partial charge is 0.496 e. The van der Waals surface area contributed by atoms with Crippen LogP contribution in [0, 0.1) is 35.7 Å². The molecule has 8 aromatic rings. The summed E-state index contributed by atoms with van der Waals surface area (Å²) < 4.78 is 52.5. The maximum absolute atomic E-state index is 10.6. The van der Waals surface area contributed by atoms with Gasteiger partial charge in [-0.05, 0) is 155 Å². The molecule has 9 rings (SSSR count). The predicted molar refractivity (Wildman–Crippen MR) is 374 cm³/mol. The number of alkyl halides is 3. The average Bonchev–Trinajstić information content (AvgIpc) is 2.40. The molecule has 1 aliphatic rings. The van der Waals surface area contributed by atoms with Gasteiger partial charge in [-0.3, -0.25) is 0 Å². The first-order valence-corrected chi connectivity index (χ1v) is 31.1. The van der Waals surface area contributed by atoms with E-state index in [0.29, 0.717) is 30.1 Å². The lowest BCUT2D eigenvalue weighted by molar-refractivity contribution is -0.192. The van der Waals surface area contributed by atoms with Gasteiger partial charge in [-0.2, -0.15) is 38.3 Å². The third-order valence-electron chi connectivity index (χ3n) is 14.0. The molecule has 1 fully saturated rings. The first-order valence-electron chi connectivity index (χ1n) is 30.1. The number of rotatable bonds is 20. The van der Waals surface area contributed by atoms with Crippen LogP contribution in [-0.2, 0) is 17.8 Å². The zero-order valence-electron chi connectivity index (χ0n) is 55.3. The summed E-state index contributed by atoms with van der Waals surface area (Å²) in [7, 11) is 12.5. The number of methoxy groups -OCH3 is 3. The van der Waals surface area contributed by atoms with E-state index in [-0.39, 0.29) is 0 Å². The fourth-order valence-corrected chi connectivity index (χ4v) is 9.76. The molecule has 502 valence electrons. The average molecular weight is 1400 g/mol. The van der Waals surface area contributed by atoms with Crippen molar-refractivity contribution in [2.45, 2.75) is 112 Å². The normalized spacial score (nSPS) is 13.1. The molecule has 93 heavy (non-hydrogen) atoms. The maximum Gasteiger partial charge on any atom is 0.490 e. The number of aromatic nitrogens is 10. The van der Waals surface area contributed by atoms with E-state index in [1.807, 2.05) is 158 Å². The number of allylic oxidation sites excluding steroid dienone is 2. The number of aryl methyl sites for hydroxylation is 4. The van der Waals surface area contributed by atoms with Crippen molar-refractivity contribution < 1.29 is 37.3 Å². The van der Waals surface area contributed by atoms with Crippen molar-refractivity contribution in [1.82, 2.24) is 54.8 Å². The van der Waals surface area contributed by atoms with Gasteiger partial charge in [0.05, 0.1) is 37.3 Å². The van der Waals surface area contributed by atoms with E-state index in [9.17, 15) is 13.2 Å². The molecule has 2 unspecified atom stereocenters. The van der Waals surface area contributed by atoms with E-state index in [2.05, 4.69) is 121 Å². The molecular weight excluding hydrogens is 1310 g/mol. The van der Waals surface area contributed by atoms with Crippen LogP contribution in [0.15, 0.2) is 109 Å². The minimum Gasteiger partial charge on any atom is -0.496 e. The summed E-state index contributed by atoms with van der Waals surface area (Å²) in [5, 5.41) is 44.8. The van der Waals surface area contributed by atoms with E-state index in [1.165, 1.54) is 43.9 Å². The highest BCUT2D eigenvalue weighted by molar-refractivity contribution is 14.1. The van der Waals surface area contributed by atoms with Crippen LogP contribution in [0.25, 0.3) is 11.4 Å². The van der Waals surface area contributed by atoms with Gasteiger partial charge in [0.25, 0.3) is 0 Å². The number of anilines is 9. The van der Waals surface area contributed by atoms with Crippen LogP contribution < -0.4 is 57.2 Å². The number of nitrogens with zero attached hydrogens (tertiary/aromatic N) is 10. The van der Waals surface area contributed by atoms with Gasteiger partial charge in [0.1, 0.15) is 46.1 Å². The van der Waals surface area contributed by atoms with Crippen molar-refractivity contribution in [3.63, 3.8) is 0 Å². The lowest BCUT2D eigenvalue weighted by Gasteiger charge is -2.30. The first-order chi connectivity index (χ1) is 44.5. The number of halogens is 4. The number of carboxylic acids is 1. The van der Waals surface area contributed by atoms with Crippen LogP contribution in [-0.4, -0.2) is 128 Å². The monoisotopic (exact) mass is 1400 g/mol. The smallest absolute Gasteiger partial charge is 0.490 e. The summed E-state index contributed by atoms with van der Waals surface area (Å²) in [6, 6.07) is 23.8. The quantitative estimate of drug-likeness (QED) is 0.0250. The van der Waals surface area contributed by atoms with Crippen LogP contribution in [0.3, 0.4) is 0 Å². The lowest BCUT2D eigenvalue weighted by Crippen LogP contribution is -2.35. The van der Waals surface area contributed by atoms with Gasteiger partial charge in [0.15, 0.2) is 0 Å². The van der Waals surface area contributed by atoms with Gasteiger partial charge in [-0.15, -0.1) is 0 Å². The lowest BCUT2D eigenvalue weighted by atomic mass is 9.83. The molecule has 0 radical (unpaired) electrons. The molecule has 5 aromatic heterocycles. The van der Waals surface area contributed by atoms with Crippen LogP contribution in [0.1, 0.15) is 94.4 Å². The molecule has 0 aliphatic heterocycles. The number of nitrogens with two attached hydrogens (primary N) is 1. The topological polar surface area (TPSA) is 312 Å². The summed E-state index contributed by atoms with van der Waals surface area (Å²) in [5.74, 6) is 4.45. The summed E-state index contributed by atoms with van der Waals surface area (Å²) in [5.41, 5.74) is 15.8. The number of benzene rings is 3. The van der Waals surface area contributed by atoms with Crippen molar-refractivity contribution in [1.29, 1.82) is 5.41 Å². The standard InChI is InChI=1S/C18H22N6O.C17H21N7O.C13H15IN4O.C9H19N.C6H11N.C2HF3O2/c1-5-13-10-20-24(11-13)15-9-14(6-7-16(15)25-4)22-18-21-12(2)8-17(19-3)23-18;1-11-6-16(19-2)23-17(21-11)22-13-4-5-15(25-3)14(7-13)24-10-12(8-18)9-20-24;1-8-6-12(15-2)18-13(16-8)17-9-4-5-11(19-3)10(14)7-9;1-3-8-6-4-5-7-9(8)10-2;1-3-6(4-2)5-7;3-2(4,5)1(6)7/h6-11H,5H2,1-4H3,(H2,19,21,22,23);4-7,9-10H,8,18H2,1-3H3,(H2,19,21,22,23);4-7H,1-3H3,(H2,15,16,17,18);8-10H,3-7H2,1-2H3;3,5,7H,4H2,1-2H3;(H,6,7)/b;;;;6-3-,7-5?;. The number of ether oxygens (including phenoxy) is 3. The maximum atomic E-state index is 10.6. The second-order valence-corrected chi connectivity index (χ2v) is 21.7. The van der Waals surface area contributed by atoms with Gasteiger partial charge >= 0.3 is 12.1 Å². The Labute approximate surface area is 556 Å². The molecule has 5 heterocycles. The zero-order valence-corrected chi connectivity index (χ0v) is 57.5. The molecule has 1 aliphatic carbocycles. The second-order valence-electron chi connectivity index (χ2n) is 20.6. The molecule has 0 spiro atoms. The van der Waals surface area contributed by atoms with E-state index in [4.69, 9.17) is 35.3 Å². The van der Waals surface area contributed by atoms with Crippen LogP contribution >= 0.6 is 22.6 Å². The molecule has 0 bridgehead atoms. The molecule has 24 nitrogen and oxygen atoms in total. The SMILES string of the molecule is C/C=C(\C=N)CC.CCC1CCCCC1NC.CCc1cnn(-c2cc(Nc3nc(C)cc(NC)n3)ccc2OC)c1.CNc1cc(C)nc(Nc2ccc(OC)c(-n3cc(CN)cn3)c2)n1.CNc1cc(C)nc(Nc2ccc(OC)c(I)c2)n1.O=C(O)C(F)(F)F. The Morgan fingerprint density at radius 3 is 1.38 bits per heavy atom. The summed E-state index contributed by atoms with van der Waals surface area (Å²) in [6.45, 7) is 14.6. The highest BCUT2D eigenvalue weighted by Crippen LogP contribution is 2.31. The Kier molecular flexibility index (Phi) is 32.2. The summed E-state index contributed by atoms with van der Waals surface area (Å²) >= 11 is 2.23. The van der Waals surface area contributed by atoms with E-state index < -0.39 is 12.1 Å². The highest BCUT2D eigenvalue weighted by Gasteiger charge is 2.38. The Morgan fingerprint density at radius 2 is 1.08 bits per heavy atom. The molecule has 28 heteroatoms. The summed E-state index contributed by atoms with van der Waals surface area (Å²) in [6.07, 6.45) is 14.7. The first kappa shape index (κ1) is 76.3. The fraction of sp³-hybridized carbons (Fsp3) is 0.385. The number of carbonyl (C=O) groups is 1. The van der Waals surface area contributed by atoms with Gasteiger partial charge < -0.3 is 67.7 Å². The van der Waals surface area contributed by atoms with Crippen molar-refractivity contribution >= 4 is 87.1 Å². The molecule has 1 saturated carbocycles. The van der Waals surface area contributed by atoms with Gasteiger partial charge in [0.2, 0.25) is 17.8 Å². The molecule has 0 amide bonds. The van der Waals surface area contributed by atoms with Gasteiger partial charge in [-0.1, -0.05) is 46.1 Å². The van der Waals surface area contributed by atoms with Crippen LogP contribution in [0.5, 0.6) is 17.2 Å². The number of aliphatic carboxylic acids is 1. The fourth-order valence-electron chi connectivity index (χ4n) is 9.02. The van der Waals surface area contributed by atoms with Crippen molar-refractivity contribution in [2.75, 3.05) is 81.4 Å². The van der Waals surface area contributed by atoms with E-state index >= 15 is 0 Å². The third-order valence-corrected chi connectivity index (χ3v) is 14.9. The molecular formula is C65H89F3IN19O5. The van der Waals surface area contributed by atoms with Gasteiger partial charge in [0, 0.05) is 110 Å². The zero-order chi connectivity index (χ0) is 68.6. The minimum atomic E-state index is -5.08. The minimum absolute atomic E-state index is 0.435. The Bertz CT molecular complexity index is 3480. The number of hydrogen-bond donors (Lipinski definition) is 10. The Balaban J connectivity index is 0.000000254. The Morgan fingerprint density at radius 1 is 0.667 bits per heavy atom.